The average Bonchev–Trinajstić information content (AvgIpc) is 2.72. The maximum Gasteiger partial charge on any atom is 0.326 e. The van der Waals surface area contributed by atoms with Gasteiger partial charge in [-0.2, -0.15) is 0 Å². The first kappa shape index (κ1) is 14.0. The Labute approximate surface area is 103 Å². The zero-order valence-corrected chi connectivity index (χ0v) is 10.7. The summed E-state index contributed by atoms with van der Waals surface area (Å²) in [4.78, 5) is 23.9. The van der Waals surface area contributed by atoms with Crippen molar-refractivity contribution in [3.05, 3.63) is 0 Å². The molecule has 1 rings (SSSR count). The van der Waals surface area contributed by atoms with Crippen molar-refractivity contribution in [2.75, 3.05) is 25.1 Å². The Hall–Kier alpha value is -1.11. The van der Waals surface area contributed by atoms with Gasteiger partial charge in [-0.1, -0.05) is 0 Å². The van der Waals surface area contributed by atoms with Crippen LogP contribution < -0.4 is 5.32 Å². The maximum atomic E-state index is 11.7. The SMILES string of the molecule is CS(=O)CCCNC(=O)N1CCC[C@H]1C(=O)O. The van der Waals surface area contributed by atoms with Gasteiger partial charge in [0.1, 0.15) is 6.04 Å². The van der Waals surface area contributed by atoms with Gasteiger partial charge in [0.25, 0.3) is 0 Å². The van der Waals surface area contributed by atoms with Gasteiger partial charge in [-0.25, -0.2) is 9.59 Å². The molecule has 6 nitrogen and oxygen atoms in total. The van der Waals surface area contributed by atoms with Crippen molar-refractivity contribution >= 4 is 22.8 Å². The lowest BCUT2D eigenvalue weighted by atomic mass is 10.2. The number of carboxylic acids is 1. The highest BCUT2D eigenvalue weighted by Gasteiger charge is 2.33. The number of carbonyl (C=O) groups excluding carboxylic acids is 1. The van der Waals surface area contributed by atoms with Gasteiger partial charge in [-0.05, 0) is 19.3 Å². The van der Waals surface area contributed by atoms with Gasteiger partial charge in [0.05, 0.1) is 0 Å². The second-order valence-corrected chi connectivity index (χ2v) is 5.61. The summed E-state index contributed by atoms with van der Waals surface area (Å²) in [6.45, 7) is 0.920. The van der Waals surface area contributed by atoms with Gasteiger partial charge in [-0.3, -0.25) is 4.21 Å². The van der Waals surface area contributed by atoms with Crippen LogP contribution in [0.5, 0.6) is 0 Å². The summed E-state index contributed by atoms with van der Waals surface area (Å²) in [5, 5.41) is 11.6. The second-order valence-electron chi connectivity index (χ2n) is 4.05. The molecule has 2 atom stereocenters. The van der Waals surface area contributed by atoms with Gasteiger partial charge >= 0.3 is 12.0 Å². The summed E-state index contributed by atoms with van der Waals surface area (Å²) in [5.41, 5.74) is 0. The van der Waals surface area contributed by atoms with Crippen LogP contribution in [0.2, 0.25) is 0 Å². The molecular formula is C10H18N2O4S. The maximum absolute atomic E-state index is 11.7. The molecule has 0 saturated carbocycles. The molecule has 1 aliphatic rings. The van der Waals surface area contributed by atoms with Crippen molar-refractivity contribution in [2.24, 2.45) is 0 Å². The first-order chi connectivity index (χ1) is 8.02. The summed E-state index contributed by atoms with van der Waals surface area (Å²) >= 11 is 0. The van der Waals surface area contributed by atoms with Crippen LogP contribution in [-0.4, -0.2) is 57.4 Å². The van der Waals surface area contributed by atoms with Crippen molar-refractivity contribution in [1.82, 2.24) is 10.2 Å². The molecule has 0 spiro atoms. The molecule has 0 aromatic heterocycles. The molecular weight excluding hydrogens is 244 g/mol. The van der Waals surface area contributed by atoms with Crippen molar-refractivity contribution < 1.29 is 18.9 Å². The third-order valence-electron chi connectivity index (χ3n) is 2.68. The van der Waals surface area contributed by atoms with Gasteiger partial charge in [0.15, 0.2) is 0 Å². The van der Waals surface area contributed by atoms with Gasteiger partial charge in [0.2, 0.25) is 0 Å². The van der Waals surface area contributed by atoms with E-state index in [-0.39, 0.29) is 6.03 Å². The van der Waals surface area contributed by atoms with Crippen molar-refractivity contribution in [1.29, 1.82) is 0 Å². The number of rotatable bonds is 5. The molecule has 2 N–H and O–H groups in total. The fourth-order valence-electron chi connectivity index (χ4n) is 1.84. The molecule has 1 saturated heterocycles. The molecule has 1 aliphatic heterocycles. The van der Waals surface area contributed by atoms with E-state index in [2.05, 4.69) is 5.32 Å². The summed E-state index contributed by atoms with van der Waals surface area (Å²) in [6.07, 6.45) is 3.49. The Morgan fingerprint density at radius 2 is 2.24 bits per heavy atom. The van der Waals surface area contributed by atoms with Gasteiger partial charge < -0.3 is 15.3 Å². The van der Waals surface area contributed by atoms with E-state index in [0.717, 1.165) is 6.42 Å². The number of nitrogens with zero attached hydrogens (tertiary/aromatic N) is 1. The zero-order chi connectivity index (χ0) is 12.8. The minimum absolute atomic E-state index is 0.336. The molecule has 2 amide bonds. The summed E-state index contributed by atoms with van der Waals surface area (Å²) < 4.78 is 10.8. The second kappa shape index (κ2) is 6.58. The van der Waals surface area contributed by atoms with Crippen LogP contribution in [-0.2, 0) is 15.6 Å². The first-order valence-corrected chi connectivity index (χ1v) is 7.32. The molecule has 0 aromatic rings. The number of carboxylic acid groups (broad SMARTS) is 1. The standard InChI is InChI=1S/C10H18N2O4S/c1-17(16)7-3-5-11-10(15)12-6-2-4-8(12)9(13)14/h8H,2-7H2,1H3,(H,11,15)(H,13,14)/t8-,17?/m0/s1. The topological polar surface area (TPSA) is 86.7 Å². The van der Waals surface area contributed by atoms with Crippen LogP contribution in [0.15, 0.2) is 0 Å². The number of likely N-dealkylation sites (tertiary alicyclic amines) is 1. The lowest BCUT2D eigenvalue weighted by Gasteiger charge is -2.21. The van der Waals surface area contributed by atoms with E-state index in [4.69, 9.17) is 5.11 Å². The fraction of sp³-hybridized carbons (Fsp3) is 0.800. The van der Waals surface area contributed by atoms with Gasteiger partial charge in [-0.15, -0.1) is 0 Å². The molecule has 1 fully saturated rings. The molecule has 1 unspecified atom stereocenters. The van der Waals surface area contributed by atoms with Crippen LogP contribution >= 0.6 is 0 Å². The molecule has 1 heterocycles. The lowest BCUT2D eigenvalue weighted by Crippen LogP contribution is -2.46. The largest absolute Gasteiger partial charge is 0.480 e. The smallest absolute Gasteiger partial charge is 0.326 e. The van der Waals surface area contributed by atoms with E-state index in [0.29, 0.717) is 31.7 Å². The molecule has 0 aliphatic carbocycles. The molecule has 0 radical (unpaired) electrons. The summed E-state index contributed by atoms with van der Waals surface area (Å²) in [5.74, 6) is -0.407. The van der Waals surface area contributed by atoms with E-state index in [1.165, 1.54) is 4.90 Å². The van der Waals surface area contributed by atoms with E-state index in [1.54, 1.807) is 6.26 Å². The van der Waals surface area contributed by atoms with Crippen molar-refractivity contribution in [3.8, 4) is 0 Å². The highest BCUT2D eigenvalue weighted by molar-refractivity contribution is 7.84. The summed E-state index contributed by atoms with van der Waals surface area (Å²) in [6, 6.07) is -1.04. The number of amides is 2. The van der Waals surface area contributed by atoms with Crippen molar-refractivity contribution in [2.45, 2.75) is 25.3 Å². The Morgan fingerprint density at radius 3 is 2.82 bits per heavy atom. The predicted octanol–water partition coefficient (Wildman–Crippen LogP) is 0.0136. The predicted molar refractivity (Wildman–Crippen MR) is 64.3 cm³/mol. The monoisotopic (exact) mass is 262 g/mol. The van der Waals surface area contributed by atoms with E-state index < -0.39 is 22.8 Å². The van der Waals surface area contributed by atoms with Crippen molar-refractivity contribution in [3.63, 3.8) is 0 Å². The quantitative estimate of drug-likeness (QED) is 0.683. The number of nitrogens with one attached hydrogen (secondary N) is 1. The summed E-state index contributed by atoms with van der Waals surface area (Å²) in [7, 11) is -0.856. The van der Waals surface area contributed by atoms with Crippen LogP contribution in [0.25, 0.3) is 0 Å². The normalized spacial score (nSPS) is 21.2. The van der Waals surface area contributed by atoms with E-state index >= 15 is 0 Å². The third-order valence-corrected chi connectivity index (χ3v) is 3.55. The molecule has 7 heteroatoms. The fourth-order valence-corrected chi connectivity index (χ4v) is 2.39. The number of hydrogen-bond acceptors (Lipinski definition) is 3. The zero-order valence-electron chi connectivity index (χ0n) is 9.85. The number of carbonyl (C=O) groups is 2. The van der Waals surface area contributed by atoms with Crippen LogP contribution in [0.1, 0.15) is 19.3 Å². The van der Waals surface area contributed by atoms with Crippen LogP contribution in [0.4, 0.5) is 4.79 Å². The minimum atomic E-state index is -0.952. The molecule has 17 heavy (non-hydrogen) atoms. The van der Waals surface area contributed by atoms with Crippen LogP contribution in [0, 0.1) is 0 Å². The minimum Gasteiger partial charge on any atom is -0.480 e. The lowest BCUT2D eigenvalue weighted by molar-refractivity contribution is -0.141. The van der Waals surface area contributed by atoms with E-state index in [9.17, 15) is 13.8 Å². The number of urea groups is 1. The van der Waals surface area contributed by atoms with E-state index in [1.807, 2.05) is 0 Å². The Kier molecular flexibility index (Phi) is 5.40. The number of hydrogen-bond donors (Lipinski definition) is 2. The highest BCUT2D eigenvalue weighted by atomic mass is 32.2. The highest BCUT2D eigenvalue weighted by Crippen LogP contribution is 2.17. The Bertz CT molecular complexity index is 321. The number of aliphatic carboxylic acids is 1. The van der Waals surface area contributed by atoms with Crippen LogP contribution in [0.3, 0.4) is 0 Å². The first-order valence-electron chi connectivity index (χ1n) is 5.59. The molecule has 0 bridgehead atoms. The molecule has 98 valence electrons. The Balaban J connectivity index is 2.32. The molecule has 0 aromatic carbocycles. The third kappa shape index (κ3) is 4.33. The van der Waals surface area contributed by atoms with Gasteiger partial charge in [0, 0.05) is 35.9 Å². The average molecular weight is 262 g/mol. The Morgan fingerprint density at radius 1 is 1.53 bits per heavy atom.